The number of alkyl carbamates (subject to hydrolysis) is 2. The molecule has 0 heterocycles. The van der Waals surface area contributed by atoms with Crippen molar-refractivity contribution in [1.82, 2.24) is 10.6 Å². The number of amides is 2. The van der Waals surface area contributed by atoms with E-state index in [1.165, 1.54) is 18.2 Å². The van der Waals surface area contributed by atoms with Gasteiger partial charge < -0.3 is 34.7 Å². The lowest BCUT2D eigenvalue weighted by atomic mass is 10.1. The Bertz CT molecular complexity index is 739. The van der Waals surface area contributed by atoms with Gasteiger partial charge in [0.15, 0.2) is 0 Å². The van der Waals surface area contributed by atoms with E-state index >= 15 is 0 Å². The highest BCUT2D eigenvalue weighted by Gasteiger charge is 2.20. The number of rotatable bonds is 7. The molecule has 0 saturated heterocycles. The molecular weight excluding hydrogens is 396 g/mol. The lowest BCUT2D eigenvalue weighted by Gasteiger charge is -2.22. The zero-order valence-electron chi connectivity index (χ0n) is 18.1. The molecule has 0 bridgehead atoms. The van der Waals surface area contributed by atoms with Gasteiger partial charge in [-0.05, 0) is 47.6 Å². The lowest BCUT2D eigenvalue weighted by molar-refractivity contribution is -0.358. The summed E-state index contributed by atoms with van der Waals surface area (Å²) in [6, 6.07) is 0. The minimum absolute atomic E-state index is 0.00825. The Labute approximate surface area is 175 Å². The highest BCUT2D eigenvalue weighted by molar-refractivity contribution is 5.96. The van der Waals surface area contributed by atoms with Crippen LogP contribution in [0.3, 0.4) is 0 Å². The fourth-order valence-corrected chi connectivity index (χ4v) is 2.02. The highest BCUT2D eigenvalue weighted by atomic mass is 16.6. The molecule has 0 saturated carbocycles. The van der Waals surface area contributed by atoms with Crippen molar-refractivity contribution in [1.29, 1.82) is 0 Å². The summed E-state index contributed by atoms with van der Waals surface area (Å²) in [4.78, 5) is 35.2. The van der Waals surface area contributed by atoms with E-state index in [2.05, 4.69) is 10.6 Å². The number of esters is 1. The van der Waals surface area contributed by atoms with Crippen molar-refractivity contribution < 1.29 is 38.4 Å². The molecule has 10 nitrogen and oxygen atoms in total. The molecule has 0 aromatic carbocycles. The molecule has 0 unspecified atom stereocenters. The Morgan fingerprint density at radius 3 is 2.07 bits per heavy atom. The Morgan fingerprint density at radius 1 is 0.933 bits per heavy atom. The van der Waals surface area contributed by atoms with Crippen molar-refractivity contribution in [3.8, 4) is 0 Å². The molecule has 1 aliphatic rings. The van der Waals surface area contributed by atoms with E-state index in [-0.39, 0.29) is 24.3 Å². The predicted molar refractivity (Wildman–Crippen MR) is 105 cm³/mol. The fourth-order valence-electron chi connectivity index (χ4n) is 2.02. The van der Waals surface area contributed by atoms with Gasteiger partial charge in [0.25, 0.3) is 0 Å². The van der Waals surface area contributed by atoms with Crippen LogP contribution in [0.5, 0.6) is 0 Å². The summed E-state index contributed by atoms with van der Waals surface area (Å²) in [6.07, 6.45) is 2.92. The summed E-state index contributed by atoms with van der Waals surface area (Å²) >= 11 is 0. The Kier molecular flexibility index (Phi) is 8.75. The molecule has 168 valence electrons. The molecule has 1 rings (SSSR count). The minimum Gasteiger partial charge on any atom is -0.593 e. The molecule has 0 radical (unpaired) electrons. The second-order valence-corrected chi connectivity index (χ2v) is 8.17. The predicted octanol–water partition coefficient (Wildman–Crippen LogP) is 1.62. The SMILES string of the molecule is CC(C)(C)OC(=O)NCCOC(=O)C1=CC=C/C1=C(\[O-])OCNC(=O)OC(C)(C)C. The van der Waals surface area contributed by atoms with E-state index in [4.69, 9.17) is 18.9 Å². The van der Waals surface area contributed by atoms with Crippen LogP contribution in [0.4, 0.5) is 9.59 Å². The van der Waals surface area contributed by atoms with Crippen LogP contribution in [0, 0.1) is 0 Å². The van der Waals surface area contributed by atoms with Crippen molar-refractivity contribution in [2.24, 2.45) is 0 Å². The average Bonchev–Trinajstić information content (AvgIpc) is 3.05. The van der Waals surface area contributed by atoms with Gasteiger partial charge in [0.05, 0.1) is 24.8 Å². The third-order valence-electron chi connectivity index (χ3n) is 3.08. The van der Waals surface area contributed by atoms with Crippen LogP contribution < -0.4 is 15.7 Å². The van der Waals surface area contributed by atoms with Crippen molar-refractivity contribution in [2.45, 2.75) is 52.7 Å². The number of carbonyl (C=O) groups is 3. The van der Waals surface area contributed by atoms with Gasteiger partial charge >= 0.3 is 18.2 Å². The molecule has 30 heavy (non-hydrogen) atoms. The van der Waals surface area contributed by atoms with E-state index in [0.717, 1.165) is 0 Å². The van der Waals surface area contributed by atoms with Gasteiger partial charge in [0.2, 0.25) is 0 Å². The summed E-state index contributed by atoms with van der Waals surface area (Å²) in [7, 11) is 0. The van der Waals surface area contributed by atoms with Crippen LogP contribution in [0.25, 0.3) is 0 Å². The number of carbonyl (C=O) groups excluding carboxylic acids is 3. The van der Waals surface area contributed by atoms with Gasteiger partial charge in [-0.1, -0.05) is 12.2 Å². The zero-order valence-corrected chi connectivity index (χ0v) is 18.1. The second-order valence-electron chi connectivity index (χ2n) is 8.17. The second kappa shape index (κ2) is 10.6. The summed E-state index contributed by atoms with van der Waals surface area (Å²) in [5.74, 6) is -1.56. The Balaban J connectivity index is 2.45. The summed E-state index contributed by atoms with van der Waals surface area (Å²) in [5.41, 5.74) is -1.32. The van der Waals surface area contributed by atoms with Crippen LogP contribution >= 0.6 is 0 Å². The van der Waals surface area contributed by atoms with Crippen LogP contribution in [0.1, 0.15) is 41.5 Å². The molecule has 1 aliphatic carbocycles. The number of allylic oxidation sites excluding steroid dienone is 3. The van der Waals surface area contributed by atoms with Gasteiger partial charge in [0.1, 0.15) is 17.8 Å². The van der Waals surface area contributed by atoms with Gasteiger partial charge in [-0.25, -0.2) is 14.4 Å². The zero-order chi connectivity index (χ0) is 22.9. The first-order chi connectivity index (χ1) is 13.8. The smallest absolute Gasteiger partial charge is 0.408 e. The van der Waals surface area contributed by atoms with Crippen molar-refractivity contribution in [2.75, 3.05) is 19.9 Å². The Morgan fingerprint density at radius 2 is 1.50 bits per heavy atom. The molecular formula is C20H29N2O8-. The van der Waals surface area contributed by atoms with Crippen LogP contribution in [0.15, 0.2) is 35.3 Å². The highest BCUT2D eigenvalue weighted by Crippen LogP contribution is 2.22. The standard InChI is InChI=1S/C20H30N2O8/c1-19(2,3)29-17(25)21-10-11-27-15(23)13-8-7-9-14(13)16(24)28-12-22-18(26)30-20(4,5)6/h7-9,24H,10-12H2,1-6H3,(H,21,25)(H,22,26)/p-1/b16-14-. The lowest BCUT2D eigenvalue weighted by Crippen LogP contribution is -2.34. The minimum atomic E-state index is -0.810. The summed E-state index contributed by atoms with van der Waals surface area (Å²) in [5, 5.41) is 16.9. The molecule has 10 heteroatoms. The van der Waals surface area contributed by atoms with Crippen LogP contribution in [-0.2, 0) is 23.7 Å². The van der Waals surface area contributed by atoms with E-state index in [1.807, 2.05) is 0 Å². The third kappa shape index (κ3) is 9.85. The average molecular weight is 425 g/mol. The maximum absolute atomic E-state index is 12.2. The topological polar surface area (TPSA) is 135 Å². The Hall–Kier alpha value is -3.17. The molecule has 0 atom stereocenters. The number of nitrogens with one attached hydrogen (secondary N) is 2. The maximum Gasteiger partial charge on any atom is 0.408 e. The summed E-state index contributed by atoms with van der Waals surface area (Å²) < 4.78 is 20.1. The van der Waals surface area contributed by atoms with Gasteiger partial charge in [-0.2, -0.15) is 0 Å². The van der Waals surface area contributed by atoms with Gasteiger partial charge in [-0.15, -0.1) is 0 Å². The van der Waals surface area contributed by atoms with Gasteiger partial charge in [0, 0.05) is 5.57 Å². The number of hydrogen-bond donors (Lipinski definition) is 2. The van der Waals surface area contributed by atoms with Crippen molar-refractivity contribution in [3.63, 3.8) is 0 Å². The van der Waals surface area contributed by atoms with Crippen molar-refractivity contribution >= 4 is 18.2 Å². The van der Waals surface area contributed by atoms with E-state index < -0.39 is 42.0 Å². The molecule has 0 aliphatic heterocycles. The molecule has 2 amide bonds. The number of ether oxygens (including phenoxy) is 4. The fraction of sp³-hybridized carbons (Fsp3) is 0.550. The van der Waals surface area contributed by atoms with Crippen molar-refractivity contribution in [3.05, 3.63) is 35.3 Å². The molecule has 2 N–H and O–H groups in total. The van der Waals surface area contributed by atoms with Crippen LogP contribution in [0.2, 0.25) is 0 Å². The first-order valence-corrected chi connectivity index (χ1v) is 9.32. The van der Waals surface area contributed by atoms with E-state index in [9.17, 15) is 19.5 Å². The van der Waals surface area contributed by atoms with E-state index in [1.54, 1.807) is 41.5 Å². The molecule has 0 aromatic rings. The first kappa shape index (κ1) is 24.9. The van der Waals surface area contributed by atoms with E-state index in [0.29, 0.717) is 0 Å². The maximum atomic E-state index is 12.2. The normalized spacial score (nSPS) is 15.1. The molecule has 0 aromatic heterocycles. The third-order valence-corrected chi connectivity index (χ3v) is 3.08. The largest absolute Gasteiger partial charge is 0.593 e. The quantitative estimate of drug-likeness (QED) is 0.207. The summed E-state index contributed by atoms with van der Waals surface area (Å²) in [6.45, 7) is 9.78. The number of hydrogen-bond acceptors (Lipinski definition) is 8. The molecule has 0 spiro atoms. The van der Waals surface area contributed by atoms with Crippen LogP contribution in [-0.4, -0.2) is 49.2 Å². The van der Waals surface area contributed by atoms with Gasteiger partial charge in [-0.3, -0.25) is 0 Å². The molecule has 0 fully saturated rings. The first-order valence-electron chi connectivity index (χ1n) is 9.32. The monoisotopic (exact) mass is 425 g/mol.